The average Bonchev–Trinajstić information content (AvgIpc) is 2.68. The molecule has 0 amide bonds. The molecule has 0 saturated carbocycles. The quantitative estimate of drug-likeness (QED) is 0.188. The normalized spacial score (nSPS) is 13.5. The SMILES string of the molecule is O=C(OCC(O)CO)C(O)CCCCCCCCCCCCCCCCO. The zero-order valence-corrected chi connectivity index (χ0v) is 17.0. The fourth-order valence-corrected chi connectivity index (χ4v) is 3.02. The Morgan fingerprint density at radius 1 is 0.667 bits per heavy atom. The largest absolute Gasteiger partial charge is 0.461 e. The molecule has 0 aromatic rings. The highest BCUT2D eigenvalue weighted by atomic mass is 16.6. The molecule has 0 rings (SSSR count). The molecule has 0 aromatic heterocycles. The van der Waals surface area contributed by atoms with Crippen LogP contribution in [0.25, 0.3) is 0 Å². The summed E-state index contributed by atoms with van der Waals surface area (Å²) in [7, 11) is 0. The molecule has 0 aliphatic carbocycles. The second-order valence-electron chi connectivity index (χ2n) is 7.44. The number of hydrogen-bond donors (Lipinski definition) is 4. The van der Waals surface area contributed by atoms with Gasteiger partial charge in [-0.2, -0.15) is 0 Å². The van der Waals surface area contributed by atoms with Crippen LogP contribution in [-0.2, 0) is 9.53 Å². The summed E-state index contributed by atoms with van der Waals surface area (Å²) in [6.45, 7) is -0.422. The first-order chi connectivity index (χ1) is 13.1. The molecule has 4 N–H and O–H groups in total. The molecule has 2 unspecified atom stereocenters. The Bertz CT molecular complexity index is 324. The Hall–Kier alpha value is -0.690. The van der Waals surface area contributed by atoms with E-state index in [1.54, 1.807) is 0 Å². The maximum absolute atomic E-state index is 11.5. The van der Waals surface area contributed by atoms with Crippen LogP contribution in [0.4, 0.5) is 0 Å². The van der Waals surface area contributed by atoms with Crippen molar-refractivity contribution in [2.24, 2.45) is 0 Å². The van der Waals surface area contributed by atoms with Crippen molar-refractivity contribution in [2.75, 3.05) is 19.8 Å². The average molecular weight is 391 g/mol. The lowest BCUT2D eigenvalue weighted by molar-refractivity contribution is -0.157. The van der Waals surface area contributed by atoms with E-state index in [9.17, 15) is 9.90 Å². The van der Waals surface area contributed by atoms with Crippen LogP contribution in [0.15, 0.2) is 0 Å². The molecule has 0 aromatic carbocycles. The van der Waals surface area contributed by atoms with Gasteiger partial charge in [-0.05, 0) is 12.8 Å². The predicted octanol–water partition coefficient (Wildman–Crippen LogP) is 3.09. The Balaban J connectivity index is 3.27. The van der Waals surface area contributed by atoms with Crippen LogP contribution in [0.5, 0.6) is 0 Å². The van der Waals surface area contributed by atoms with Crippen molar-refractivity contribution in [3.63, 3.8) is 0 Å². The Kier molecular flexibility index (Phi) is 19.5. The molecule has 0 radical (unpaired) electrons. The van der Waals surface area contributed by atoms with E-state index in [1.165, 1.54) is 57.8 Å². The summed E-state index contributed by atoms with van der Waals surface area (Å²) in [5.41, 5.74) is 0. The van der Waals surface area contributed by atoms with Gasteiger partial charge in [0, 0.05) is 6.61 Å². The van der Waals surface area contributed by atoms with E-state index in [2.05, 4.69) is 0 Å². The Morgan fingerprint density at radius 3 is 1.48 bits per heavy atom. The molecule has 0 spiro atoms. The molecule has 0 aliphatic heterocycles. The van der Waals surface area contributed by atoms with E-state index in [0.29, 0.717) is 13.0 Å². The number of ether oxygens (including phenoxy) is 1. The number of unbranched alkanes of at least 4 members (excludes halogenated alkanes) is 13. The topological polar surface area (TPSA) is 107 Å². The number of esters is 1. The van der Waals surface area contributed by atoms with E-state index in [1.807, 2.05) is 0 Å². The van der Waals surface area contributed by atoms with Crippen molar-refractivity contribution in [3.8, 4) is 0 Å². The number of carbonyl (C=O) groups is 1. The zero-order valence-electron chi connectivity index (χ0n) is 17.0. The number of hydrogen-bond acceptors (Lipinski definition) is 6. The van der Waals surface area contributed by atoms with Gasteiger partial charge in [0.2, 0.25) is 0 Å². The molecule has 6 heteroatoms. The summed E-state index contributed by atoms with van der Waals surface area (Å²) in [4.78, 5) is 11.5. The van der Waals surface area contributed by atoms with Gasteiger partial charge in [-0.15, -0.1) is 0 Å². The Labute approximate surface area is 164 Å². The molecule has 0 fully saturated rings. The van der Waals surface area contributed by atoms with Gasteiger partial charge in [-0.1, -0.05) is 83.5 Å². The molecule has 27 heavy (non-hydrogen) atoms. The first-order valence-corrected chi connectivity index (χ1v) is 10.9. The highest BCUT2D eigenvalue weighted by molar-refractivity contribution is 5.74. The summed E-state index contributed by atoms with van der Waals surface area (Å²) in [6.07, 6.45) is 14.7. The van der Waals surface area contributed by atoms with Gasteiger partial charge < -0.3 is 25.2 Å². The number of aliphatic hydroxyl groups excluding tert-OH is 4. The van der Waals surface area contributed by atoms with Crippen molar-refractivity contribution in [3.05, 3.63) is 0 Å². The van der Waals surface area contributed by atoms with Gasteiger partial charge in [0.25, 0.3) is 0 Å². The highest BCUT2D eigenvalue weighted by Gasteiger charge is 2.17. The lowest BCUT2D eigenvalue weighted by atomic mass is 10.0. The minimum atomic E-state index is -1.14. The van der Waals surface area contributed by atoms with Crippen LogP contribution < -0.4 is 0 Å². The third kappa shape index (κ3) is 18.4. The summed E-state index contributed by atoms with van der Waals surface area (Å²) in [5, 5.41) is 36.1. The number of rotatable bonds is 20. The zero-order chi connectivity index (χ0) is 20.2. The molecule has 0 heterocycles. The van der Waals surface area contributed by atoms with Crippen molar-refractivity contribution in [2.45, 2.75) is 109 Å². The minimum absolute atomic E-state index is 0.282. The summed E-state index contributed by atoms with van der Waals surface area (Å²) in [6, 6.07) is 0. The van der Waals surface area contributed by atoms with Crippen LogP contribution >= 0.6 is 0 Å². The van der Waals surface area contributed by atoms with Crippen molar-refractivity contribution in [1.29, 1.82) is 0 Å². The third-order valence-electron chi connectivity index (χ3n) is 4.79. The van der Waals surface area contributed by atoms with Gasteiger partial charge in [-0.3, -0.25) is 0 Å². The monoisotopic (exact) mass is 390 g/mol. The van der Waals surface area contributed by atoms with Crippen LogP contribution in [0.1, 0.15) is 96.3 Å². The number of aliphatic hydroxyl groups is 4. The maximum Gasteiger partial charge on any atom is 0.335 e. The van der Waals surface area contributed by atoms with E-state index < -0.39 is 24.8 Å². The van der Waals surface area contributed by atoms with Gasteiger partial charge in [0.1, 0.15) is 12.7 Å². The Morgan fingerprint density at radius 2 is 1.07 bits per heavy atom. The summed E-state index contributed by atoms with van der Waals surface area (Å²) in [5.74, 6) is -0.726. The third-order valence-corrected chi connectivity index (χ3v) is 4.79. The second kappa shape index (κ2) is 20.1. The van der Waals surface area contributed by atoms with Gasteiger partial charge >= 0.3 is 5.97 Å². The summed E-state index contributed by atoms with van der Waals surface area (Å²) >= 11 is 0. The van der Waals surface area contributed by atoms with E-state index in [-0.39, 0.29) is 6.61 Å². The van der Waals surface area contributed by atoms with E-state index >= 15 is 0 Å². The van der Waals surface area contributed by atoms with Crippen molar-refractivity contribution < 1.29 is 30.0 Å². The number of carbonyl (C=O) groups excluding carboxylic acids is 1. The predicted molar refractivity (Wildman–Crippen MR) is 106 cm³/mol. The fraction of sp³-hybridized carbons (Fsp3) is 0.952. The van der Waals surface area contributed by atoms with Crippen LogP contribution in [0.2, 0.25) is 0 Å². The molecule has 162 valence electrons. The van der Waals surface area contributed by atoms with Crippen molar-refractivity contribution >= 4 is 5.97 Å². The van der Waals surface area contributed by atoms with Crippen molar-refractivity contribution in [1.82, 2.24) is 0 Å². The minimum Gasteiger partial charge on any atom is -0.461 e. The van der Waals surface area contributed by atoms with Gasteiger partial charge in [0.15, 0.2) is 6.10 Å². The first-order valence-electron chi connectivity index (χ1n) is 10.9. The lowest BCUT2D eigenvalue weighted by Crippen LogP contribution is -2.28. The highest BCUT2D eigenvalue weighted by Crippen LogP contribution is 2.14. The molecule has 2 atom stereocenters. The van der Waals surface area contributed by atoms with Crippen LogP contribution in [0, 0.1) is 0 Å². The van der Waals surface area contributed by atoms with E-state index in [0.717, 1.165) is 32.1 Å². The summed E-state index contributed by atoms with van der Waals surface area (Å²) < 4.78 is 4.72. The standard InChI is InChI=1S/C21H42O6/c22-16-14-12-10-8-6-4-2-1-3-5-7-9-11-13-15-20(25)21(26)27-18-19(24)17-23/h19-20,22-25H,1-18H2. The van der Waals surface area contributed by atoms with Crippen LogP contribution in [-0.4, -0.2) is 58.4 Å². The molecular weight excluding hydrogens is 348 g/mol. The second-order valence-corrected chi connectivity index (χ2v) is 7.44. The first kappa shape index (κ1) is 26.3. The maximum atomic E-state index is 11.5. The smallest absolute Gasteiger partial charge is 0.335 e. The molecule has 0 bridgehead atoms. The van der Waals surface area contributed by atoms with Gasteiger partial charge in [-0.25, -0.2) is 4.79 Å². The fourth-order valence-electron chi connectivity index (χ4n) is 3.02. The van der Waals surface area contributed by atoms with E-state index in [4.69, 9.17) is 20.1 Å². The van der Waals surface area contributed by atoms with Crippen LogP contribution in [0.3, 0.4) is 0 Å². The molecule has 6 nitrogen and oxygen atoms in total. The lowest BCUT2D eigenvalue weighted by Gasteiger charge is -2.12. The molecular formula is C21H42O6. The molecule has 0 aliphatic rings. The van der Waals surface area contributed by atoms with Gasteiger partial charge in [0.05, 0.1) is 6.61 Å². The molecule has 0 saturated heterocycles.